The Hall–Kier alpha value is -3.70. The van der Waals surface area contributed by atoms with Gasteiger partial charge in [-0.3, -0.25) is 4.79 Å². The van der Waals surface area contributed by atoms with Crippen molar-refractivity contribution in [3.05, 3.63) is 89.3 Å². The summed E-state index contributed by atoms with van der Waals surface area (Å²) in [6.45, 7) is 2.05. The number of nitrogens with zero attached hydrogens (tertiary/aromatic N) is 1. The third-order valence-electron chi connectivity index (χ3n) is 5.14. The monoisotopic (exact) mass is 409 g/mol. The molecule has 0 aliphatic rings. The number of rotatable bonds is 3. The number of hydrogen-bond acceptors (Lipinski definition) is 4. The van der Waals surface area contributed by atoms with Gasteiger partial charge in [-0.2, -0.15) is 0 Å². The van der Waals surface area contributed by atoms with Gasteiger partial charge < -0.3 is 11.1 Å². The van der Waals surface area contributed by atoms with Gasteiger partial charge in [0.25, 0.3) is 5.91 Å². The van der Waals surface area contributed by atoms with Crippen LogP contribution in [0.15, 0.2) is 78.9 Å². The molecule has 0 bridgehead atoms. The van der Waals surface area contributed by atoms with E-state index < -0.39 is 0 Å². The number of nitrogen functional groups attached to an aromatic ring is 1. The summed E-state index contributed by atoms with van der Waals surface area (Å²) in [7, 11) is 0. The molecule has 5 heteroatoms. The van der Waals surface area contributed by atoms with E-state index in [0.29, 0.717) is 10.6 Å². The van der Waals surface area contributed by atoms with E-state index in [1.54, 1.807) is 0 Å². The Kier molecular flexibility index (Phi) is 4.45. The summed E-state index contributed by atoms with van der Waals surface area (Å²) >= 11 is 1.32. The SMILES string of the molecule is Cc1ccc2nc3sc(C(=O)Nc4ccccc4-c4ccccc4)c(N)c3cc2c1. The minimum Gasteiger partial charge on any atom is -0.397 e. The van der Waals surface area contributed by atoms with Crippen molar-refractivity contribution >= 4 is 49.7 Å². The van der Waals surface area contributed by atoms with Gasteiger partial charge in [0, 0.05) is 22.0 Å². The maximum Gasteiger partial charge on any atom is 0.267 e. The average Bonchev–Trinajstić information content (AvgIpc) is 3.09. The molecule has 0 aliphatic carbocycles. The minimum atomic E-state index is -0.223. The number of pyridine rings is 1. The van der Waals surface area contributed by atoms with Crippen molar-refractivity contribution in [1.82, 2.24) is 4.98 Å². The summed E-state index contributed by atoms with van der Waals surface area (Å²) in [5.74, 6) is -0.223. The van der Waals surface area contributed by atoms with Crippen molar-refractivity contribution in [3.8, 4) is 11.1 Å². The summed E-state index contributed by atoms with van der Waals surface area (Å²) in [5, 5.41) is 4.88. The molecule has 3 N–H and O–H groups in total. The van der Waals surface area contributed by atoms with Crippen molar-refractivity contribution in [3.63, 3.8) is 0 Å². The zero-order valence-corrected chi connectivity index (χ0v) is 17.2. The Balaban J connectivity index is 1.55. The highest BCUT2D eigenvalue weighted by atomic mass is 32.1. The minimum absolute atomic E-state index is 0.223. The highest BCUT2D eigenvalue weighted by Crippen LogP contribution is 2.36. The van der Waals surface area contributed by atoms with E-state index >= 15 is 0 Å². The van der Waals surface area contributed by atoms with E-state index in [1.165, 1.54) is 11.3 Å². The van der Waals surface area contributed by atoms with Gasteiger partial charge in [0.05, 0.1) is 11.2 Å². The Morgan fingerprint density at radius 1 is 0.967 bits per heavy atom. The molecular formula is C25H19N3OS. The van der Waals surface area contributed by atoms with Crippen molar-refractivity contribution < 1.29 is 4.79 Å². The number of carbonyl (C=O) groups excluding carboxylic acids is 1. The zero-order chi connectivity index (χ0) is 20.7. The molecular weight excluding hydrogens is 390 g/mol. The summed E-state index contributed by atoms with van der Waals surface area (Å²) < 4.78 is 0. The fraction of sp³-hybridized carbons (Fsp3) is 0.0400. The number of nitrogens with one attached hydrogen (secondary N) is 1. The number of nitrogens with two attached hydrogens (primary N) is 1. The lowest BCUT2D eigenvalue weighted by Gasteiger charge is -2.11. The molecule has 0 atom stereocenters. The fourth-order valence-electron chi connectivity index (χ4n) is 3.63. The fourth-order valence-corrected chi connectivity index (χ4v) is 4.61. The van der Waals surface area contributed by atoms with Gasteiger partial charge in [-0.25, -0.2) is 4.98 Å². The van der Waals surface area contributed by atoms with Gasteiger partial charge in [0.15, 0.2) is 0 Å². The zero-order valence-electron chi connectivity index (χ0n) is 16.3. The maximum absolute atomic E-state index is 13.1. The number of fused-ring (bicyclic) bond motifs is 2. The van der Waals surface area contributed by atoms with Crippen LogP contribution in [-0.4, -0.2) is 10.9 Å². The van der Waals surface area contributed by atoms with Crippen LogP contribution >= 0.6 is 11.3 Å². The Bertz CT molecular complexity index is 1410. The smallest absolute Gasteiger partial charge is 0.267 e. The summed E-state index contributed by atoms with van der Waals surface area (Å²) in [4.78, 5) is 19.1. The molecule has 5 rings (SSSR count). The number of amides is 1. The van der Waals surface area contributed by atoms with Crippen LogP contribution in [0, 0.1) is 6.92 Å². The van der Waals surface area contributed by atoms with E-state index in [9.17, 15) is 4.79 Å². The van der Waals surface area contributed by atoms with Gasteiger partial charge in [-0.15, -0.1) is 11.3 Å². The Morgan fingerprint density at radius 2 is 1.73 bits per heavy atom. The van der Waals surface area contributed by atoms with Crippen LogP contribution in [0.1, 0.15) is 15.2 Å². The molecule has 3 aromatic carbocycles. The summed E-state index contributed by atoms with van der Waals surface area (Å²) in [5.41, 5.74) is 11.7. The van der Waals surface area contributed by atoms with E-state index in [0.717, 1.165) is 43.5 Å². The number of aryl methyl sites for hydroxylation is 1. The van der Waals surface area contributed by atoms with E-state index in [1.807, 2.05) is 79.7 Å². The molecule has 0 fully saturated rings. The molecule has 5 aromatic rings. The molecule has 1 amide bonds. The van der Waals surface area contributed by atoms with Crippen LogP contribution in [0.2, 0.25) is 0 Å². The first-order valence-corrected chi connectivity index (χ1v) is 10.5. The molecule has 0 unspecified atom stereocenters. The lowest BCUT2D eigenvalue weighted by Crippen LogP contribution is -2.12. The molecule has 2 heterocycles. The van der Waals surface area contributed by atoms with Crippen molar-refractivity contribution in [2.24, 2.45) is 0 Å². The number of hydrogen-bond donors (Lipinski definition) is 2. The van der Waals surface area contributed by atoms with Crippen LogP contribution in [-0.2, 0) is 0 Å². The molecule has 0 saturated heterocycles. The predicted octanol–water partition coefficient (Wildman–Crippen LogP) is 6.26. The van der Waals surface area contributed by atoms with Gasteiger partial charge in [0.2, 0.25) is 0 Å². The number of aromatic nitrogens is 1. The number of benzene rings is 3. The second kappa shape index (κ2) is 7.28. The lowest BCUT2D eigenvalue weighted by molar-refractivity contribution is 0.103. The Morgan fingerprint density at radius 3 is 2.57 bits per heavy atom. The summed E-state index contributed by atoms with van der Waals surface area (Å²) in [6, 6.07) is 25.9. The molecule has 0 radical (unpaired) electrons. The number of thiophene rings is 1. The first kappa shape index (κ1) is 18.3. The molecule has 146 valence electrons. The third-order valence-corrected chi connectivity index (χ3v) is 6.25. The molecule has 2 aromatic heterocycles. The maximum atomic E-state index is 13.1. The molecule has 0 aliphatic heterocycles. The second-order valence-corrected chi connectivity index (χ2v) is 8.25. The average molecular weight is 410 g/mol. The normalized spacial score (nSPS) is 11.1. The van der Waals surface area contributed by atoms with Gasteiger partial charge in [0.1, 0.15) is 9.71 Å². The number of para-hydroxylation sites is 1. The quantitative estimate of drug-likeness (QED) is 0.369. The van der Waals surface area contributed by atoms with Crippen LogP contribution < -0.4 is 11.1 Å². The Labute approximate surface area is 178 Å². The largest absolute Gasteiger partial charge is 0.397 e. The molecule has 4 nitrogen and oxygen atoms in total. The lowest BCUT2D eigenvalue weighted by atomic mass is 10.0. The second-order valence-electron chi connectivity index (χ2n) is 7.25. The number of carbonyl (C=O) groups is 1. The van der Waals surface area contributed by atoms with Gasteiger partial charge in [-0.1, -0.05) is 60.2 Å². The standard InChI is InChI=1S/C25H19N3OS/c1-15-11-12-20-17(13-15)14-19-22(26)23(30-25(19)28-20)24(29)27-21-10-6-5-9-18(21)16-7-3-2-4-8-16/h2-14H,26H2,1H3,(H,27,29). The van der Waals surface area contributed by atoms with Gasteiger partial charge >= 0.3 is 0 Å². The van der Waals surface area contributed by atoms with E-state index in [-0.39, 0.29) is 5.91 Å². The highest BCUT2D eigenvalue weighted by Gasteiger charge is 2.19. The van der Waals surface area contributed by atoms with E-state index in [2.05, 4.69) is 11.4 Å². The molecule has 0 saturated carbocycles. The molecule has 0 spiro atoms. The predicted molar refractivity (Wildman–Crippen MR) is 126 cm³/mol. The first-order valence-electron chi connectivity index (χ1n) is 9.65. The highest BCUT2D eigenvalue weighted by molar-refractivity contribution is 7.21. The topological polar surface area (TPSA) is 68.0 Å². The first-order chi connectivity index (χ1) is 14.6. The van der Waals surface area contributed by atoms with Crippen molar-refractivity contribution in [1.29, 1.82) is 0 Å². The van der Waals surface area contributed by atoms with Gasteiger partial charge in [-0.05, 0) is 36.8 Å². The third kappa shape index (κ3) is 3.19. The van der Waals surface area contributed by atoms with E-state index in [4.69, 9.17) is 10.7 Å². The number of anilines is 2. The van der Waals surface area contributed by atoms with Crippen LogP contribution in [0.3, 0.4) is 0 Å². The van der Waals surface area contributed by atoms with Crippen LogP contribution in [0.4, 0.5) is 11.4 Å². The van der Waals surface area contributed by atoms with Crippen LogP contribution in [0.25, 0.3) is 32.2 Å². The van der Waals surface area contributed by atoms with Crippen LogP contribution in [0.5, 0.6) is 0 Å². The van der Waals surface area contributed by atoms with Crippen molar-refractivity contribution in [2.45, 2.75) is 6.92 Å². The molecule has 30 heavy (non-hydrogen) atoms. The van der Waals surface area contributed by atoms with Crippen molar-refractivity contribution in [2.75, 3.05) is 11.1 Å². The summed E-state index contributed by atoms with van der Waals surface area (Å²) in [6.07, 6.45) is 0.